The maximum absolute atomic E-state index is 12.2. The largest absolute Gasteiger partial charge is 0.444 e. The standard InChI is InChI=1S/C17H21N5O3/c1-17(2,3)25-16(24)22-9-7-11-13(10-22)20-21-14(11)19-15(23)12-6-4-5-8-18-12/h4-6,8H,7,9-10H2,1-3H3,(H2,19,20,21,23). The summed E-state index contributed by atoms with van der Waals surface area (Å²) < 4.78 is 5.40. The van der Waals surface area contributed by atoms with E-state index in [-0.39, 0.29) is 12.0 Å². The first-order chi connectivity index (χ1) is 11.8. The van der Waals surface area contributed by atoms with Crippen LogP contribution >= 0.6 is 0 Å². The number of nitrogens with zero attached hydrogens (tertiary/aromatic N) is 3. The first kappa shape index (κ1) is 16.9. The molecule has 0 saturated heterocycles. The molecular formula is C17H21N5O3. The summed E-state index contributed by atoms with van der Waals surface area (Å²) >= 11 is 0. The van der Waals surface area contributed by atoms with Crippen LogP contribution in [0, 0.1) is 0 Å². The summed E-state index contributed by atoms with van der Waals surface area (Å²) in [7, 11) is 0. The Hall–Kier alpha value is -2.90. The van der Waals surface area contributed by atoms with Gasteiger partial charge in [0.2, 0.25) is 0 Å². The van der Waals surface area contributed by atoms with Crippen LogP contribution < -0.4 is 5.32 Å². The van der Waals surface area contributed by atoms with Crippen LogP contribution in [-0.2, 0) is 17.7 Å². The van der Waals surface area contributed by atoms with Gasteiger partial charge in [-0.1, -0.05) is 6.07 Å². The second kappa shape index (κ2) is 6.54. The van der Waals surface area contributed by atoms with Crippen molar-refractivity contribution in [2.75, 3.05) is 11.9 Å². The summed E-state index contributed by atoms with van der Waals surface area (Å²) in [6, 6.07) is 5.14. The van der Waals surface area contributed by atoms with Gasteiger partial charge in [0.25, 0.3) is 5.91 Å². The van der Waals surface area contributed by atoms with Gasteiger partial charge in [-0.05, 0) is 39.3 Å². The molecular weight excluding hydrogens is 322 g/mol. The number of carbonyl (C=O) groups is 2. The maximum Gasteiger partial charge on any atom is 0.410 e. The third kappa shape index (κ3) is 3.96. The first-order valence-electron chi connectivity index (χ1n) is 8.10. The van der Waals surface area contributed by atoms with Crippen molar-refractivity contribution in [2.45, 2.75) is 39.3 Å². The number of aromatic amines is 1. The molecule has 0 aliphatic carbocycles. The van der Waals surface area contributed by atoms with Crippen molar-refractivity contribution in [3.05, 3.63) is 41.3 Å². The Morgan fingerprint density at radius 1 is 1.32 bits per heavy atom. The van der Waals surface area contributed by atoms with Gasteiger partial charge in [0.05, 0.1) is 12.2 Å². The van der Waals surface area contributed by atoms with Crippen molar-refractivity contribution in [1.82, 2.24) is 20.1 Å². The van der Waals surface area contributed by atoms with E-state index in [2.05, 4.69) is 20.5 Å². The Labute approximate surface area is 145 Å². The highest BCUT2D eigenvalue weighted by atomic mass is 16.6. The summed E-state index contributed by atoms with van der Waals surface area (Å²) in [5.74, 6) is 0.166. The molecule has 132 valence electrons. The quantitative estimate of drug-likeness (QED) is 0.872. The number of rotatable bonds is 2. The van der Waals surface area contributed by atoms with Gasteiger partial charge in [0.15, 0.2) is 5.82 Å². The van der Waals surface area contributed by atoms with Gasteiger partial charge in [0.1, 0.15) is 11.3 Å². The molecule has 2 aromatic heterocycles. The Kier molecular flexibility index (Phi) is 4.43. The van der Waals surface area contributed by atoms with E-state index in [1.54, 1.807) is 29.3 Å². The molecule has 0 bridgehead atoms. The Balaban J connectivity index is 1.69. The zero-order valence-electron chi connectivity index (χ0n) is 14.5. The number of carbonyl (C=O) groups excluding carboxylic acids is 2. The summed E-state index contributed by atoms with van der Waals surface area (Å²) in [4.78, 5) is 30.0. The van der Waals surface area contributed by atoms with Gasteiger partial charge in [-0.15, -0.1) is 0 Å². The number of amides is 2. The average Bonchev–Trinajstić information content (AvgIpc) is 2.96. The first-order valence-corrected chi connectivity index (χ1v) is 8.10. The van der Waals surface area contributed by atoms with Gasteiger partial charge in [-0.2, -0.15) is 5.10 Å². The van der Waals surface area contributed by atoms with Crippen molar-refractivity contribution in [3.8, 4) is 0 Å². The van der Waals surface area contributed by atoms with E-state index in [0.717, 1.165) is 11.3 Å². The zero-order valence-corrected chi connectivity index (χ0v) is 14.5. The molecule has 2 aromatic rings. The topological polar surface area (TPSA) is 100 Å². The molecule has 8 heteroatoms. The van der Waals surface area contributed by atoms with Crippen LogP contribution in [0.25, 0.3) is 0 Å². The lowest BCUT2D eigenvalue weighted by molar-refractivity contribution is 0.0221. The van der Waals surface area contributed by atoms with Crippen LogP contribution in [0.3, 0.4) is 0 Å². The summed E-state index contributed by atoms with van der Waals surface area (Å²) in [6.45, 7) is 6.38. The highest BCUT2D eigenvalue weighted by molar-refractivity contribution is 6.02. The Bertz CT molecular complexity index is 779. The molecule has 1 aliphatic heterocycles. The second-order valence-electron chi connectivity index (χ2n) is 6.85. The van der Waals surface area contributed by atoms with E-state index >= 15 is 0 Å². The van der Waals surface area contributed by atoms with Crippen molar-refractivity contribution in [1.29, 1.82) is 0 Å². The van der Waals surface area contributed by atoms with Crippen LogP contribution in [-0.4, -0.2) is 44.2 Å². The van der Waals surface area contributed by atoms with Crippen molar-refractivity contribution < 1.29 is 14.3 Å². The highest BCUT2D eigenvalue weighted by Gasteiger charge is 2.28. The van der Waals surface area contributed by atoms with E-state index in [1.807, 2.05) is 20.8 Å². The monoisotopic (exact) mass is 343 g/mol. The Morgan fingerprint density at radius 3 is 2.80 bits per heavy atom. The summed E-state index contributed by atoms with van der Waals surface area (Å²) in [5, 5.41) is 9.83. The minimum atomic E-state index is -0.535. The predicted molar refractivity (Wildman–Crippen MR) is 91.1 cm³/mol. The molecule has 2 amide bonds. The molecule has 1 aliphatic rings. The molecule has 0 spiro atoms. The van der Waals surface area contributed by atoms with E-state index < -0.39 is 5.60 Å². The molecule has 0 saturated carbocycles. The number of pyridine rings is 1. The average molecular weight is 343 g/mol. The van der Waals surface area contributed by atoms with Crippen molar-refractivity contribution in [2.24, 2.45) is 0 Å². The lowest BCUT2D eigenvalue weighted by atomic mass is 10.1. The molecule has 0 radical (unpaired) electrons. The Morgan fingerprint density at radius 2 is 2.12 bits per heavy atom. The molecule has 8 nitrogen and oxygen atoms in total. The number of fused-ring (bicyclic) bond motifs is 1. The van der Waals surface area contributed by atoms with Crippen LogP contribution in [0.2, 0.25) is 0 Å². The van der Waals surface area contributed by atoms with Crippen molar-refractivity contribution in [3.63, 3.8) is 0 Å². The number of anilines is 1. The van der Waals surface area contributed by atoms with E-state index in [1.165, 1.54) is 0 Å². The van der Waals surface area contributed by atoms with E-state index in [4.69, 9.17) is 4.74 Å². The minimum absolute atomic E-state index is 0.315. The zero-order chi connectivity index (χ0) is 18.0. The van der Waals surface area contributed by atoms with Crippen molar-refractivity contribution >= 4 is 17.8 Å². The SMILES string of the molecule is CC(C)(C)OC(=O)N1CCc2c(NC(=O)c3ccccn3)n[nH]c2C1. The van der Waals surface area contributed by atoms with Gasteiger partial charge in [-0.3, -0.25) is 14.9 Å². The molecule has 3 rings (SSSR count). The fraction of sp³-hybridized carbons (Fsp3) is 0.412. The van der Waals surface area contributed by atoms with E-state index in [9.17, 15) is 9.59 Å². The molecule has 0 unspecified atom stereocenters. The molecule has 0 atom stereocenters. The minimum Gasteiger partial charge on any atom is -0.444 e. The number of hydrogen-bond acceptors (Lipinski definition) is 5. The van der Waals surface area contributed by atoms with Gasteiger partial charge >= 0.3 is 6.09 Å². The molecule has 0 aromatic carbocycles. The lowest BCUT2D eigenvalue weighted by Gasteiger charge is -2.29. The number of aromatic nitrogens is 3. The highest BCUT2D eigenvalue weighted by Crippen LogP contribution is 2.25. The normalized spacial score (nSPS) is 14.0. The third-order valence-corrected chi connectivity index (χ3v) is 3.71. The fourth-order valence-electron chi connectivity index (χ4n) is 2.57. The number of H-pyrrole nitrogens is 1. The smallest absolute Gasteiger partial charge is 0.410 e. The van der Waals surface area contributed by atoms with Gasteiger partial charge in [-0.25, -0.2) is 4.79 Å². The summed E-state index contributed by atoms with van der Waals surface area (Å²) in [6.07, 6.45) is 1.79. The second-order valence-corrected chi connectivity index (χ2v) is 6.85. The van der Waals surface area contributed by atoms with E-state index in [0.29, 0.717) is 31.0 Å². The third-order valence-electron chi connectivity index (χ3n) is 3.71. The van der Waals surface area contributed by atoms with Crippen LogP contribution in [0.1, 0.15) is 42.5 Å². The van der Waals surface area contributed by atoms with Crippen LogP contribution in [0.4, 0.5) is 10.6 Å². The molecule has 3 heterocycles. The maximum atomic E-state index is 12.2. The van der Waals surface area contributed by atoms with Gasteiger partial charge < -0.3 is 15.0 Å². The predicted octanol–water partition coefficient (Wildman–Crippen LogP) is 2.35. The number of hydrogen-bond donors (Lipinski definition) is 2. The lowest BCUT2D eigenvalue weighted by Crippen LogP contribution is -2.39. The fourth-order valence-corrected chi connectivity index (χ4v) is 2.57. The van der Waals surface area contributed by atoms with Crippen LogP contribution in [0.15, 0.2) is 24.4 Å². The molecule has 25 heavy (non-hydrogen) atoms. The number of nitrogens with one attached hydrogen (secondary N) is 2. The molecule has 2 N–H and O–H groups in total. The molecule has 0 fully saturated rings. The van der Waals surface area contributed by atoms with Gasteiger partial charge in [0, 0.05) is 18.3 Å². The van der Waals surface area contributed by atoms with Crippen LogP contribution in [0.5, 0.6) is 0 Å². The summed E-state index contributed by atoms with van der Waals surface area (Å²) in [5.41, 5.74) is 1.50. The number of ether oxygens (including phenoxy) is 1.